The van der Waals surface area contributed by atoms with Gasteiger partial charge in [-0.25, -0.2) is 0 Å². The fourth-order valence-corrected chi connectivity index (χ4v) is 3.67. The molecule has 1 aliphatic heterocycles. The lowest BCUT2D eigenvalue weighted by Crippen LogP contribution is -2.30. The second kappa shape index (κ2) is 10.3. The summed E-state index contributed by atoms with van der Waals surface area (Å²) in [6, 6.07) is 7.42. The lowest BCUT2D eigenvalue weighted by atomic mass is 10.2. The summed E-state index contributed by atoms with van der Waals surface area (Å²) >= 11 is 6.53. The van der Waals surface area contributed by atoms with E-state index in [0.29, 0.717) is 15.8 Å². The van der Waals surface area contributed by atoms with Crippen LogP contribution in [0.4, 0.5) is 0 Å². The number of hydrogen-bond donors (Lipinski definition) is 0. The number of carbonyl (C=O) groups excluding carboxylic acids is 2. The minimum absolute atomic E-state index is 0.147. The van der Waals surface area contributed by atoms with Crippen molar-refractivity contribution in [2.75, 3.05) is 20.3 Å². The molecule has 7 heteroatoms. The van der Waals surface area contributed by atoms with Gasteiger partial charge in [0.1, 0.15) is 10.1 Å². The first-order valence-electron chi connectivity index (χ1n) is 8.60. The van der Waals surface area contributed by atoms with Gasteiger partial charge in [0.05, 0.1) is 25.0 Å². The Bertz CT molecular complexity index is 685. The minimum Gasteiger partial charge on any atom is -0.497 e. The van der Waals surface area contributed by atoms with Crippen molar-refractivity contribution in [3.63, 3.8) is 0 Å². The molecule has 1 aromatic rings. The Morgan fingerprint density at radius 3 is 2.65 bits per heavy atom. The van der Waals surface area contributed by atoms with Gasteiger partial charge in [0.2, 0.25) is 0 Å². The van der Waals surface area contributed by atoms with E-state index in [1.54, 1.807) is 13.2 Å². The van der Waals surface area contributed by atoms with Crippen molar-refractivity contribution in [3.8, 4) is 5.75 Å². The summed E-state index contributed by atoms with van der Waals surface area (Å²) in [4.78, 5) is 26.3. The number of amides is 1. The van der Waals surface area contributed by atoms with Crippen molar-refractivity contribution in [1.82, 2.24) is 4.90 Å². The molecule has 0 spiro atoms. The van der Waals surface area contributed by atoms with E-state index in [0.717, 1.165) is 30.6 Å². The summed E-state index contributed by atoms with van der Waals surface area (Å²) in [5, 5.41) is 0. The lowest BCUT2D eigenvalue weighted by Gasteiger charge is -2.13. The first-order chi connectivity index (χ1) is 12.5. The molecule has 0 bridgehead atoms. The van der Waals surface area contributed by atoms with Gasteiger partial charge in [0, 0.05) is 6.54 Å². The Balaban J connectivity index is 1.89. The number of nitrogens with zero attached hydrogens (tertiary/aromatic N) is 1. The summed E-state index contributed by atoms with van der Waals surface area (Å²) in [6.45, 7) is 2.77. The van der Waals surface area contributed by atoms with E-state index >= 15 is 0 Å². The number of methoxy groups -OCH3 is 1. The van der Waals surface area contributed by atoms with Crippen molar-refractivity contribution in [2.45, 2.75) is 32.6 Å². The molecule has 0 radical (unpaired) electrons. The van der Waals surface area contributed by atoms with E-state index in [2.05, 4.69) is 6.92 Å². The fourth-order valence-electron chi connectivity index (χ4n) is 2.36. The maximum atomic E-state index is 12.5. The predicted molar refractivity (Wildman–Crippen MR) is 108 cm³/mol. The molecule has 0 aliphatic carbocycles. The Kier molecular flexibility index (Phi) is 8.12. The summed E-state index contributed by atoms with van der Waals surface area (Å²) in [5.41, 5.74) is 0.890. The molecule has 0 N–H and O–H groups in total. The van der Waals surface area contributed by atoms with Crippen LogP contribution >= 0.6 is 24.0 Å². The highest BCUT2D eigenvalue weighted by Crippen LogP contribution is 2.32. The van der Waals surface area contributed by atoms with Crippen molar-refractivity contribution in [3.05, 3.63) is 34.7 Å². The summed E-state index contributed by atoms with van der Waals surface area (Å²) in [5.74, 6) is 0.288. The molecule has 1 aromatic carbocycles. The molecule has 2 rings (SSSR count). The van der Waals surface area contributed by atoms with Crippen molar-refractivity contribution in [1.29, 1.82) is 0 Å². The lowest BCUT2D eigenvalue weighted by molar-refractivity contribution is -0.144. The van der Waals surface area contributed by atoms with Gasteiger partial charge in [-0.05, 0) is 30.2 Å². The van der Waals surface area contributed by atoms with E-state index in [1.807, 2.05) is 24.3 Å². The zero-order valence-corrected chi connectivity index (χ0v) is 16.7. The third kappa shape index (κ3) is 5.85. The maximum Gasteiger partial charge on any atom is 0.307 e. The van der Waals surface area contributed by atoms with Crippen LogP contribution in [0.15, 0.2) is 29.2 Å². The van der Waals surface area contributed by atoms with Crippen molar-refractivity contribution < 1.29 is 19.1 Å². The van der Waals surface area contributed by atoms with E-state index in [-0.39, 0.29) is 24.8 Å². The second-order valence-corrected chi connectivity index (χ2v) is 7.46. The highest BCUT2D eigenvalue weighted by molar-refractivity contribution is 8.26. The molecule has 1 saturated heterocycles. The maximum absolute atomic E-state index is 12.5. The molecule has 0 atom stereocenters. The monoisotopic (exact) mass is 393 g/mol. The molecule has 1 aliphatic rings. The van der Waals surface area contributed by atoms with Gasteiger partial charge in [0.25, 0.3) is 5.91 Å². The topological polar surface area (TPSA) is 55.8 Å². The summed E-state index contributed by atoms with van der Waals surface area (Å²) in [7, 11) is 1.61. The number of thioether (sulfide) groups is 1. The van der Waals surface area contributed by atoms with Crippen molar-refractivity contribution >= 4 is 46.3 Å². The fraction of sp³-hybridized carbons (Fsp3) is 0.421. The van der Waals surface area contributed by atoms with Gasteiger partial charge in [-0.3, -0.25) is 14.5 Å². The first-order valence-corrected chi connectivity index (χ1v) is 9.82. The number of rotatable bonds is 9. The van der Waals surface area contributed by atoms with Crippen molar-refractivity contribution in [2.24, 2.45) is 0 Å². The first kappa shape index (κ1) is 20.5. The minimum atomic E-state index is -0.297. The molecule has 1 amide bonds. The third-order valence-corrected chi connectivity index (χ3v) is 5.22. The molecule has 0 unspecified atom stereocenters. The molecule has 26 heavy (non-hydrogen) atoms. The number of ether oxygens (including phenoxy) is 2. The van der Waals surface area contributed by atoms with E-state index in [1.165, 1.54) is 16.7 Å². The molecule has 0 saturated carbocycles. The van der Waals surface area contributed by atoms with E-state index < -0.39 is 0 Å². The van der Waals surface area contributed by atoms with Crippen LogP contribution in [0.25, 0.3) is 6.08 Å². The third-order valence-electron chi connectivity index (χ3n) is 3.84. The second-order valence-electron chi connectivity index (χ2n) is 5.78. The number of esters is 1. The molecular formula is C19H23NO4S2. The summed E-state index contributed by atoms with van der Waals surface area (Å²) < 4.78 is 10.8. The SMILES string of the molecule is CCCCCOC(=O)CCN1C(=O)/C(=C/c2ccc(OC)cc2)SC1=S. The molecule has 1 fully saturated rings. The Morgan fingerprint density at radius 2 is 2.00 bits per heavy atom. The van der Waals surface area contributed by atoms with Gasteiger partial charge in [-0.15, -0.1) is 0 Å². The molecule has 140 valence electrons. The van der Waals surface area contributed by atoms with E-state index in [4.69, 9.17) is 21.7 Å². The highest BCUT2D eigenvalue weighted by Gasteiger charge is 2.32. The Hall–Kier alpha value is -1.86. The molecular weight excluding hydrogens is 370 g/mol. The number of benzene rings is 1. The summed E-state index contributed by atoms with van der Waals surface area (Å²) in [6.07, 6.45) is 4.93. The largest absolute Gasteiger partial charge is 0.497 e. The van der Waals surface area contributed by atoms with E-state index in [9.17, 15) is 9.59 Å². The van der Waals surface area contributed by atoms with Crippen LogP contribution in [0.5, 0.6) is 5.75 Å². The van der Waals surface area contributed by atoms with Crippen LogP contribution in [-0.2, 0) is 14.3 Å². The molecule has 0 aromatic heterocycles. The number of carbonyl (C=O) groups is 2. The van der Waals surface area contributed by atoms with Crippen LogP contribution in [-0.4, -0.2) is 41.4 Å². The average molecular weight is 394 g/mol. The number of thiocarbonyl (C=S) groups is 1. The van der Waals surface area contributed by atoms with Crippen LogP contribution in [0.3, 0.4) is 0 Å². The van der Waals surface area contributed by atoms with Gasteiger partial charge < -0.3 is 9.47 Å². The average Bonchev–Trinajstić information content (AvgIpc) is 2.91. The Morgan fingerprint density at radius 1 is 1.27 bits per heavy atom. The smallest absolute Gasteiger partial charge is 0.307 e. The van der Waals surface area contributed by atoms with Gasteiger partial charge in [0.15, 0.2) is 0 Å². The zero-order chi connectivity index (χ0) is 18.9. The van der Waals surface area contributed by atoms with Crippen LogP contribution in [0.1, 0.15) is 38.2 Å². The van der Waals surface area contributed by atoms with Gasteiger partial charge in [-0.2, -0.15) is 0 Å². The standard InChI is InChI=1S/C19H23NO4S2/c1-3-4-5-12-24-17(21)10-11-20-18(22)16(26-19(20)25)13-14-6-8-15(23-2)9-7-14/h6-9,13H,3-5,10-12H2,1-2H3/b16-13-. The quantitative estimate of drug-likeness (QED) is 0.273. The zero-order valence-electron chi connectivity index (χ0n) is 15.0. The normalized spacial score (nSPS) is 15.6. The predicted octanol–water partition coefficient (Wildman–Crippen LogP) is 4.02. The van der Waals surface area contributed by atoms with Crippen LogP contribution < -0.4 is 4.74 Å². The number of hydrogen-bond acceptors (Lipinski definition) is 6. The number of unbranched alkanes of at least 4 members (excludes halogenated alkanes) is 2. The van der Waals surface area contributed by atoms with Crippen LogP contribution in [0.2, 0.25) is 0 Å². The highest BCUT2D eigenvalue weighted by atomic mass is 32.2. The molecule has 5 nitrogen and oxygen atoms in total. The molecule has 1 heterocycles. The van der Waals surface area contributed by atoms with Gasteiger partial charge >= 0.3 is 5.97 Å². The van der Waals surface area contributed by atoms with Gasteiger partial charge in [-0.1, -0.05) is 55.9 Å². The Labute approximate surface area is 163 Å². The van der Waals surface area contributed by atoms with Crippen LogP contribution in [0, 0.1) is 0 Å².